The largest absolute Gasteiger partial charge is 0.468 e. The lowest BCUT2D eigenvalue weighted by molar-refractivity contribution is -0.124. The molecule has 0 aromatic rings. The van der Waals surface area contributed by atoms with Gasteiger partial charge in [-0.1, -0.05) is 11.8 Å². The van der Waals surface area contributed by atoms with E-state index in [1.165, 1.54) is 16.7 Å². The molecule has 74 valence electrons. The van der Waals surface area contributed by atoms with Crippen LogP contribution in [-0.4, -0.2) is 28.3 Å². The molecule has 2 aliphatic heterocycles. The number of allylic oxidation sites excluding steroid dienone is 2. The number of amides is 1. The molecule has 4 nitrogen and oxygen atoms in total. The Balaban J connectivity index is 1.99. The van der Waals surface area contributed by atoms with Gasteiger partial charge in [0, 0.05) is 0 Å². The maximum atomic E-state index is 11.3. The van der Waals surface area contributed by atoms with E-state index in [0.29, 0.717) is 17.5 Å². The molecule has 0 unspecified atom stereocenters. The van der Waals surface area contributed by atoms with Gasteiger partial charge in [-0.15, -0.1) is 0 Å². The van der Waals surface area contributed by atoms with E-state index >= 15 is 0 Å². The van der Waals surface area contributed by atoms with Crippen LogP contribution in [0.3, 0.4) is 0 Å². The topological polar surface area (TPSA) is 53.4 Å². The van der Waals surface area contributed by atoms with Crippen LogP contribution in [-0.2, 0) is 9.53 Å². The van der Waals surface area contributed by atoms with Crippen LogP contribution in [0.2, 0.25) is 0 Å². The van der Waals surface area contributed by atoms with E-state index < -0.39 is 0 Å². The first kappa shape index (κ1) is 9.33. The molecule has 1 amide bonds. The van der Waals surface area contributed by atoms with Gasteiger partial charge in [0.1, 0.15) is 5.76 Å². The van der Waals surface area contributed by atoms with Crippen molar-refractivity contribution < 1.29 is 9.53 Å². The first-order chi connectivity index (χ1) is 6.77. The Morgan fingerprint density at radius 3 is 3.07 bits per heavy atom. The summed E-state index contributed by atoms with van der Waals surface area (Å²) in [5.41, 5.74) is 0. The average Bonchev–Trinajstić information content (AvgIpc) is 2.51. The predicted molar refractivity (Wildman–Crippen MR) is 54.8 cm³/mol. The third-order valence-corrected chi connectivity index (χ3v) is 2.87. The van der Waals surface area contributed by atoms with Crippen molar-refractivity contribution >= 4 is 22.8 Å². The van der Waals surface area contributed by atoms with Crippen molar-refractivity contribution in [3.05, 3.63) is 24.2 Å². The van der Waals surface area contributed by atoms with E-state index in [1.807, 2.05) is 12.2 Å². The average molecular weight is 210 g/mol. The second-order valence-electron chi connectivity index (χ2n) is 2.97. The van der Waals surface area contributed by atoms with Crippen LogP contribution in [0.1, 0.15) is 6.42 Å². The Morgan fingerprint density at radius 2 is 2.50 bits per heavy atom. The van der Waals surface area contributed by atoms with Crippen LogP contribution in [0.15, 0.2) is 24.2 Å². The molecule has 0 aromatic heterocycles. The summed E-state index contributed by atoms with van der Waals surface area (Å²) in [7, 11) is 0. The van der Waals surface area contributed by atoms with E-state index in [2.05, 4.69) is 0 Å². The summed E-state index contributed by atoms with van der Waals surface area (Å²) in [6.45, 7) is 0.384. The molecule has 1 saturated heterocycles. The molecule has 5 heteroatoms. The first-order valence-corrected chi connectivity index (χ1v) is 5.28. The number of rotatable bonds is 2. The minimum absolute atomic E-state index is 0.0148. The smallest absolute Gasteiger partial charge is 0.239 e. The molecule has 1 N–H and O–H groups in total. The first-order valence-electron chi connectivity index (χ1n) is 4.30. The van der Waals surface area contributed by atoms with Gasteiger partial charge < -0.3 is 4.74 Å². The van der Waals surface area contributed by atoms with Gasteiger partial charge >= 0.3 is 0 Å². The SMILES string of the molecule is N=C1SCC(=O)N1CC1=CCC=CO1. The Morgan fingerprint density at radius 1 is 1.64 bits per heavy atom. The number of amidine groups is 1. The second-order valence-corrected chi connectivity index (χ2v) is 3.93. The van der Waals surface area contributed by atoms with E-state index in [-0.39, 0.29) is 5.91 Å². The summed E-state index contributed by atoms with van der Waals surface area (Å²) in [5, 5.41) is 7.84. The summed E-state index contributed by atoms with van der Waals surface area (Å²) in [4.78, 5) is 12.8. The Labute approximate surface area is 86.1 Å². The minimum atomic E-state index is -0.0148. The zero-order valence-electron chi connectivity index (χ0n) is 7.53. The highest BCUT2D eigenvalue weighted by Gasteiger charge is 2.27. The van der Waals surface area contributed by atoms with Crippen molar-refractivity contribution in [3.8, 4) is 0 Å². The van der Waals surface area contributed by atoms with Gasteiger partial charge in [0.15, 0.2) is 5.17 Å². The summed E-state index contributed by atoms with van der Waals surface area (Å²) in [5.74, 6) is 1.11. The molecule has 0 atom stereocenters. The summed E-state index contributed by atoms with van der Waals surface area (Å²) < 4.78 is 5.22. The maximum Gasteiger partial charge on any atom is 0.239 e. The van der Waals surface area contributed by atoms with Crippen LogP contribution >= 0.6 is 11.8 Å². The quantitative estimate of drug-likeness (QED) is 0.747. The maximum absolute atomic E-state index is 11.3. The van der Waals surface area contributed by atoms with Crippen molar-refractivity contribution in [1.82, 2.24) is 4.90 Å². The standard InChI is InChI=1S/C9H10N2O2S/c10-9-11(8(12)6-14-9)5-7-3-1-2-4-13-7/h2-4,10H,1,5-6H2. The number of hydrogen-bond acceptors (Lipinski definition) is 4. The number of thioether (sulfide) groups is 1. The van der Waals surface area contributed by atoms with Crippen LogP contribution in [0, 0.1) is 5.41 Å². The van der Waals surface area contributed by atoms with Crippen molar-refractivity contribution in [1.29, 1.82) is 5.41 Å². The molecule has 0 bridgehead atoms. The number of nitrogens with zero attached hydrogens (tertiary/aromatic N) is 1. The summed E-state index contributed by atoms with van der Waals surface area (Å²) in [6.07, 6.45) is 6.27. The number of carbonyl (C=O) groups excluding carboxylic acids is 1. The molecular formula is C9H10N2O2S. The van der Waals surface area contributed by atoms with Crippen LogP contribution in [0.25, 0.3) is 0 Å². The molecule has 0 aliphatic carbocycles. The van der Waals surface area contributed by atoms with Gasteiger partial charge in [-0.3, -0.25) is 15.1 Å². The van der Waals surface area contributed by atoms with Crippen LogP contribution in [0.4, 0.5) is 0 Å². The molecule has 2 heterocycles. The fourth-order valence-electron chi connectivity index (χ4n) is 1.26. The zero-order valence-corrected chi connectivity index (χ0v) is 8.34. The molecular weight excluding hydrogens is 200 g/mol. The van der Waals surface area contributed by atoms with Crippen molar-refractivity contribution in [2.45, 2.75) is 6.42 Å². The Hall–Kier alpha value is -1.23. The minimum Gasteiger partial charge on any atom is -0.468 e. The normalized spacial score (nSPS) is 21.1. The highest BCUT2D eigenvalue weighted by Crippen LogP contribution is 2.20. The number of carbonyl (C=O) groups is 1. The van der Waals surface area contributed by atoms with Crippen molar-refractivity contribution in [2.24, 2.45) is 0 Å². The van der Waals surface area contributed by atoms with E-state index in [4.69, 9.17) is 10.1 Å². The number of ether oxygens (including phenoxy) is 1. The van der Waals surface area contributed by atoms with Crippen molar-refractivity contribution in [3.63, 3.8) is 0 Å². The van der Waals surface area contributed by atoms with Gasteiger partial charge in [0.2, 0.25) is 5.91 Å². The molecule has 0 radical (unpaired) electrons. The Bertz CT molecular complexity index is 320. The monoisotopic (exact) mass is 210 g/mol. The fraction of sp³-hybridized carbons (Fsp3) is 0.333. The lowest BCUT2D eigenvalue weighted by atomic mass is 10.3. The number of nitrogens with one attached hydrogen (secondary N) is 1. The van der Waals surface area contributed by atoms with Crippen molar-refractivity contribution in [2.75, 3.05) is 12.3 Å². The van der Waals surface area contributed by atoms with Crippen LogP contribution < -0.4 is 0 Å². The Kier molecular flexibility index (Phi) is 2.58. The highest BCUT2D eigenvalue weighted by molar-refractivity contribution is 8.14. The number of hydrogen-bond donors (Lipinski definition) is 1. The predicted octanol–water partition coefficient (Wildman–Crippen LogP) is 1.31. The van der Waals surface area contributed by atoms with Gasteiger partial charge in [0.25, 0.3) is 0 Å². The molecule has 14 heavy (non-hydrogen) atoms. The third kappa shape index (κ3) is 1.82. The van der Waals surface area contributed by atoms with Crippen LogP contribution in [0.5, 0.6) is 0 Å². The lowest BCUT2D eigenvalue weighted by Crippen LogP contribution is -2.31. The third-order valence-electron chi connectivity index (χ3n) is 1.99. The molecule has 0 spiro atoms. The van der Waals surface area contributed by atoms with Gasteiger partial charge in [-0.05, 0) is 18.6 Å². The molecule has 1 fully saturated rings. The van der Waals surface area contributed by atoms with E-state index in [1.54, 1.807) is 6.26 Å². The van der Waals surface area contributed by atoms with Gasteiger partial charge in [-0.25, -0.2) is 0 Å². The van der Waals surface area contributed by atoms with E-state index in [0.717, 1.165) is 12.2 Å². The lowest BCUT2D eigenvalue weighted by Gasteiger charge is -2.17. The van der Waals surface area contributed by atoms with Gasteiger partial charge in [0.05, 0.1) is 18.6 Å². The molecule has 2 aliphatic rings. The summed E-state index contributed by atoms with van der Waals surface area (Å²) >= 11 is 1.26. The highest BCUT2D eigenvalue weighted by atomic mass is 32.2. The van der Waals surface area contributed by atoms with Gasteiger partial charge in [-0.2, -0.15) is 0 Å². The molecule has 2 rings (SSSR count). The zero-order chi connectivity index (χ0) is 9.97. The second kappa shape index (κ2) is 3.88. The van der Waals surface area contributed by atoms with E-state index in [9.17, 15) is 4.79 Å². The summed E-state index contributed by atoms with van der Waals surface area (Å²) in [6, 6.07) is 0. The molecule has 0 saturated carbocycles. The fourth-order valence-corrected chi connectivity index (χ4v) is 1.99. The molecule has 0 aromatic carbocycles.